The molecule has 1 saturated carbocycles. The quantitative estimate of drug-likeness (QED) is 0.906. The van der Waals surface area contributed by atoms with Crippen LogP contribution in [0.2, 0.25) is 0 Å². The minimum atomic E-state index is 0.0209. The number of carbonyl (C=O) groups is 1. The van der Waals surface area contributed by atoms with Crippen LogP contribution in [0.5, 0.6) is 5.75 Å². The number of benzene rings is 1. The first-order valence-corrected chi connectivity index (χ1v) is 7.96. The van der Waals surface area contributed by atoms with Gasteiger partial charge in [0.15, 0.2) is 0 Å². The van der Waals surface area contributed by atoms with Crippen molar-refractivity contribution in [2.75, 3.05) is 13.2 Å². The predicted molar refractivity (Wildman–Crippen MR) is 80.6 cm³/mol. The Bertz CT molecular complexity index is 459. The molecule has 21 heavy (non-hydrogen) atoms. The van der Waals surface area contributed by atoms with Crippen LogP contribution in [0.4, 0.5) is 0 Å². The standard InChI is InChI=1S/C17H23NO3/c19-17(18-14-4-1-2-5-14)13-7-9-15(10-8-13)21-12-16-6-3-11-20-16/h7-10,14,16H,1-6,11-12H2,(H,18,19)/t16-/m1/s1. The zero-order valence-electron chi connectivity index (χ0n) is 12.3. The Kier molecular flexibility index (Phi) is 4.76. The van der Waals surface area contributed by atoms with Gasteiger partial charge in [-0.3, -0.25) is 4.79 Å². The fraction of sp³-hybridized carbons (Fsp3) is 0.588. The van der Waals surface area contributed by atoms with Crippen LogP contribution in [-0.2, 0) is 4.74 Å². The van der Waals surface area contributed by atoms with Crippen LogP contribution in [0, 0.1) is 0 Å². The van der Waals surface area contributed by atoms with Crippen LogP contribution >= 0.6 is 0 Å². The molecule has 3 rings (SSSR count). The van der Waals surface area contributed by atoms with Crippen LogP contribution in [0.3, 0.4) is 0 Å². The molecule has 0 aromatic heterocycles. The van der Waals surface area contributed by atoms with Gasteiger partial charge in [0.25, 0.3) is 5.91 Å². The van der Waals surface area contributed by atoms with Gasteiger partial charge < -0.3 is 14.8 Å². The van der Waals surface area contributed by atoms with Crippen molar-refractivity contribution in [2.45, 2.75) is 50.7 Å². The van der Waals surface area contributed by atoms with Crippen molar-refractivity contribution in [2.24, 2.45) is 0 Å². The van der Waals surface area contributed by atoms with Crippen molar-refractivity contribution in [1.29, 1.82) is 0 Å². The van der Waals surface area contributed by atoms with E-state index >= 15 is 0 Å². The average molecular weight is 289 g/mol. The molecule has 1 aromatic carbocycles. The number of hydrogen-bond acceptors (Lipinski definition) is 3. The van der Waals surface area contributed by atoms with E-state index in [1.807, 2.05) is 24.3 Å². The Morgan fingerprint density at radius 3 is 2.57 bits per heavy atom. The van der Waals surface area contributed by atoms with E-state index in [2.05, 4.69) is 5.32 Å². The Balaban J connectivity index is 1.49. The van der Waals surface area contributed by atoms with Gasteiger partial charge in [0.05, 0.1) is 6.10 Å². The smallest absolute Gasteiger partial charge is 0.251 e. The number of rotatable bonds is 5. The molecule has 0 unspecified atom stereocenters. The third-order valence-electron chi connectivity index (χ3n) is 4.27. The van der Waals surface area contributed by atoms with Crippen LogP contribution in [0.15, 0.2) is 24.3 Å². The van der Waals surface area contributed by atoms with Crippen LogP contribution in [0.1, 0.15) is 48.9 Å². The van der Waals surface area contributed by atoms with Crippen LogP contribution in [0.25, 0.3) is 0 Å². The summed E-state index contributed by atoms with van der Waals surface area (Å²) in [7, 11) is 0. The van der Waals surface area contributed by atoms with E-state index in [4.69, 9.17) is 9.47 Å². The Morgan fingerprint density at radius 1 is 1.14 bits per heavy atom. The summed E-state index contributed by atoms with van der Waals surface area (Å²) in [6.45, 7) is 1.43. The van der Waals surface area contributed by atoms with Crippen molar-refractivity contribution in [3.8, 4) is 5.75 Å². The second-order valence-corrected chi connectivity index (χ2v) is 5.93. The molecule has 0 radical (unpaired) electrons. The van der Waals surface area contributed by atoms with Gasteiger partial charge in [0.1, 0.15) is 12.4 Å². The molecule has 114 valence electrons. The minimum Gasteiger partial charge on any atom is -0.491 e. The molecule has 4 heteroatoms. The van der Waals surface area contributed by atoms with E-state index in [-0.39, 0.29) is 12.0 Å². The van der Waals surface area contributed by atoms with E-state index in [0.717, 1.165) is 38.0 Å². The molecular formula is C17H23NO3. The topological polar surface area (TPSA) is 47.6 Å². The van der Waals surface area contributed by atoms with Crippen molar-refractivity contribution in [1.82, 2.24) is 5.32 Å². The molecule has 1 amide bonds. The first-order chi connectivity index (χ1) is 10.3. The van der Waals surface area contributed by atoms with Gasteiger partial charge in [-0.2, -0.15) is 0 Å². The molecular weight excluding hydrogens is 266 g/mol. The van der Waals surface area contributed by atoms with Crippen LogP contribution in [-0.4, -0.2) is 31.3 Å². The molecule has 1 saturated heterocycles. The minimum absolute atomic E-state index is 0.0209. The van der Waals surface area contributed by atoms with E-state index in [9.17, 15) is 4.79 Å². The highest BCUT2D eigenvalue weighted by molar-refractivity contribution is 5.94. The summed E-state index contributed by atoms with van der Waals surface area (Å²) in [5.41, 5.74) is 0.700. The molecule has 0 spiro atoms. The highest BCUT2D eigenvalue weighted by Gasteiger charge is 2.18. The summed E-state index contributed by atoms with van der Waals surface area (Å²) in [5.74, 6) is 0.815. The maximum absolute atomic E-state index is 12.1. The lowest BCUT2D eigenvalue weighted by molar-refractivity contribution is 0.0679. The molecule has 1 aliphatic carbocycles. The van der Waals surface area contributed by atoms with Crippen molar-refractivity contribution < 1.29 is 14.3 Å². The maximum Gasteiger partial charge on any atom is 0.251 e. The molecule has 0 bridgehead atoms. The molecule has 1 heterocycles. The molecule has 4 nitrogen and oxygen atoms in total. The lowest BCUT2D eigenvalue weighted by Gasteiger charge is -2.13. The number of hydrogen-bond donors (Lipinski definition) is 1. The van der Waals surface area contributed by atoms with Gasteiger partial charge in [0.2, 0.25) is 0 Å². The Morgan fingerprint density at radius 2 is 1.90 bits per heavy atom. The summed E-state index contributed by atoms with van der Waals surface area (Å²) in [6.07, 6.45) is 7.07. The first kappa shape index (κ1) is 14.4. The zero-order valence-corrected chi connectivity index (χ0v) is 12.3. The Labute approximate surface area is 125 Å². The summed E-state index contributed by atoms with van der Waals surface area (Å²) in [6, 6.07) is 7.73. The van der Waals surface area contributed by atoms with Gasteiger partial charge in [-0.1, -0.05) is 12.8 Å². The predicted octanol–water partition coefficient (Wildman–Crippen LogP) is 2.92. The first-order valence-electron chi connectivity index (χ1n) is 7.96. The summed E-state index contributed by atoms with van der Waals surface area (Å²) < 4.78 is 11.2. The number of carbonyl (C=O) groups excluding carboxylic acids is 1. The average Bonchev–Trinajstić information content (AvgIpc) is 3.19. The lowest BCUT2D eigenvalue weighted by Crippen LogP contribution is -2.32. The van der Waals surface area contributed by atoms with Gasteiger partial charge in [0, 0.05) is 18.2 Å². The summed E-state index contributed by atoms with van der Waals surface area (Å²) in [4.78, 5) is 12.1. The number of amides is 1. The lowest BCUT2D eigenvalue weighted by atomic mass is 10.1. The number of ether oxygens (including phenoxy) is 2. The zero-order chi connectivity index (χ0) is 14.5. The van der Waals surface area contributed by atoms with E-state index in [1.165, 1.54) is 12.8 Å². The monoisotopic (exact) mass is 289 g/mol. The highest BCUT2D eigenvalue weighted by atomic mass is 16.5. The highest BCUT2D eigenvalue weighted by Crippen LogP contribution is 2.19. The molecule has 1 aromatic rings. The van der Waals surface area contributed by atoms with Gasteiger partial charge in [-0.15, -0.1) is 0 Å². The molecule has 1 aliphatic heterocycles. The van der Waals surface area contributed by atoms with Crippen molar-refractivity contribution >= 4 is 5.91 Å². The third kappa shape index (κ3) is 3.97. The van der Waals surface area contributed by atoms with Gasteiger partial charge in [-0.25, -0.2) is 0 Å². The maximum atomic E-state index is 12.1. The fourth-order valence-corrected chi connectivity index (χ4v) is 3.01. The Hall–Kier alpha value is -1.55. The van der Waals surface area contributed by atoms with Crippen LogP contribution < -0.4 is 10.1 Å². The van der Waals surface area contributed by atoms with Crippen molar-refractivity contribution in [3.05, 3.63) is 29.8 Å². The summed E-state index contributed by atoms with van der Waals surface area (Å²) >= 11 is 0. The van der Waals surface area contributed by atoms with E-state index in [1.54, 1.807) is 0 Å². The van der Waals surface area contributed by atoms with Crippen molar-refractivity contribution in [3.63, 3.8) is 0 Å². The number of nitrogens with one attached hydrogen (secondary N) is 1. The summed E-state index contributed by atoms with van der Waals surface area (Å²) in [5, 5.41) is 3.09. The van der Waals surface area contributed by atoms with Gasteiger partial charge in [-0.05, 0) is 49.9 Å². The molecule has 2 fully saturated rings. The molecule has 1 atom stereocenters. The SMILES string of the molecule is O=C(NC1CCCC1)c1ccc(OC[C@H]2CCCO2)cc1. The second kappa shape index (κ2) is 6.94. The molecule has 2 aliphatic rings. The third-order valence-corrected chi connectivity index (χ3v) is 4.27. The largest absolute Gasteiger partial charge is 0.491 e. The molecule has 1 N–H and O–H groups in total. The van der Waals surface area contributed by atoms with E-state index < -0.39 is 0 Å². The normalized spacial score (nSPS) is 22.4. The van der Waals surface area contributed by atoms with Gasteiger partial charge >= 0.3 is 0 Å². The fourth-order valence-electron chi connectivity index (χ4n) is 3.01. The second-order valence-electron chi connectivity index (χ2n) is 5.93. The van der Waals surface area contributed by atoms with E-state index in [0.29, 0.717) is 18.2 Å².